The van der Waals surface area contributed by atoms with Crippen LogP contribution in [0.1, 0.15) is 44.5 Å². The van der Waals surface area contributed by atoms with Crippen LogP contribution >= 0.6 is 0 Å². The minimum absolute atomic E-state index is 0.154. The zero-order valence-electron chi connectivity index (χ0n) is 16.3. The highest BCUT2D eigenvalue weighted by molar-refractivity contribution is 5.83. The molecule has 0 N–H and O–H groups in total. The topological polar surface area (TPSA) is 45.7 Å². The van der Waals surface area contributed by atoms with Crippen molar-refractivity contribution in [1.82, 2.24) is 14.8 Å². The molecule has 142 valence electrons. The van der Waals surface area contributed by atoms with Crippen molar-refractivity contribution in [2.24, 2.45) is 11.3 Å². The number of piperidine rings is 1. The molecule has 26 heavy (non-hydrogen) atoms. The van der Waals surface area contributed by atoms with Crippen molar-refractivity contribution >= 4 is 5.91 Å². The van der Waals surface area contributed by atoms with E-state index in [4.69, 9.17) is 4.74 Å². The summed E-state index contributed by atoms with van der Waals surface area (Å²) in [7, 11) is 0. The summed E-state index contributed by atoms with van der Waals surface area (Å²) in [5, 5.41) is 0. The number of pyridine rings is 1. The number of morpholine rings is 1. The third-order valence-electron chi connectivity index (χ3n) is 6.40. The summed E-state index contributed by atoms with van der Waals surface area (Å²) in [6, 6.07) is 6.24. The van der Waals surface area contributed by atoms with Crippen molar-refractivity contribution in [3.8, 4) is 0 Å². The Kier molecular flexibility index (Phi) is 4.78. The van der Waals surface area contributed by atoms with E-state index in [1.54, 1.807) is 0 Å². The van der Waals surface area contributed by atoms with Crippen molar-refractivity contribution in [2.45, 2.75) is 58.8 Å². The highest BCUT2D eigenvalue weighted by Gasteiger charge is 2.59. The lowest BCUT2D eigenvalue weighted by molar-refractivity contribution is -0.145. The van der Waals surface area contributed by atoms with Crippen LogP contribution in [0.4, 0.5) is 0 Å². The molecule has 3 fully saturated rings. The molecule has 0 aromatic carbocycles. The van der Waals surface area contributed by atoms with Gasteiger partial charge in [-0.2, -0.15) is 0 Å². The molecule has 1 unspecified atom stereocenters. The molecule has 5 heteroatoms. The van der Waals surface area contributed by atoms with E-state index in [-0.39, 0.29) is 23.5 Å². The van der Waals surface area contributed by atoms with Gasteiger partial charge in [-0.1, -0.05) is 6.07 Å². The fourth-order valence-electron chi connectivity index (χ4n) is 4.90. The molecule has 1 aliphatic carbocycles. The maximum absolute atomic E-state index is 13.0. The SMILES string of the molecule is Cc1cccc(CN2CCC3(CC2)CC3C(=O)N2C[C@@H](C)O[C@@H](C)C2)n1. The molecule has 2 saturated heterocycles. The molecule has 1 spiro atoms. The molecular formula is C21H31N3O2. The Morgan fingerprint density at radius 1 is 1.23 bits per heavy atom. The molecule has 1 saturated carbocycles. The van der Waals surface area contributed by atoms with E-state index in [9.17, 15) is 4.79 Å². The quantitative estimate of drug-likeness (QED) is 0.834. The van der Waals surface area contributed by atoms with Crippen LogP contribution < -0.4 is 0 Å². The Morgan fingerprint density at radius 3 is 2.58 bits per heavy atom. The molecule has 3 heterocycles. The maximum Gasteiger partial charge on any atom is 0.226 e. The van der Waals surface area contributed by atoms with Gasteiger partial charge in [0, 0.05) is 31.2 Å². The van der Waals surface area contributed by atoms with Crippen LogP contribution in [0.15, 0.2) is 18.2 Å². The molecule has 0 radical (unpaired) electrons. The van der Waals surface area contributed by atoms with Crippen LogP contribution in [0, 0.1) is 18.3 Å². The van der Waals surface area contributed by atoms with Crippen LogP contribution in [0.3, 0.4) is 0 Å². The maximum atomic E-state index is 13.0. The van der Waals surface area contributed by atoms with E-state index in [1.807, 2.05) is 13.0 Å². The molecule has 2 aliphatic heterocycles. The van der Waals surface area contributed by atoms with Gasteiger partial charge < -0.3 is 9.64 Å². The first kappa shape index (κ1) is 17.9. The molecule has 4 rings (SSSR count). The van der Waals surface area contributed by atoms with Crippen LogP contribution in [0.5, 0.6) is 0 Å². The Balaban J connectivity index is 1.30. The normalized spacial score (nSPS) is 31.2. The minimum Gasteiger partial charge on any atom is -0.372 e. The molecular weight excluding hydrogens is 326 g/mol. The zero-order chi connectivity index (χ0) is 18.3. The number of amides is 1. The van der Waals surface area contributed by atoms with Gasteiger partial charge in [-0.15, -0.1) is 0 Å². The molecule has 3 aliphatic rings. The molecule has 1 aromatic heterocycles. The van der Waals surface area contributed by atoms with Gasteiger partial charge in [0.05, 0.1) is 17.9 Å². The van der Waals surface area contributed by atoms with E-state index < -0.39 is 0 Å². The smallest absolute Gasteiger partial charge is 0.226 e. The number of carbonyl (C=O) groups is 1. The Labute approximate surface area is 156 Å². The van der Waals surface area contributed by atoms with Crippen molar-refractivity contribution < 1.29 is 9.53 Å². The number of nitrogens with zero attached hydrogens (tertiary/aromatic N) is 3. The van der Waals surface area contributed by atoms with Gasteiger partial charge in [0.25, 0.3) is 0 Å². The second-order valence-corrected chi connectivity index (χ2v) is 8.67. The van der Waals surface area contributed by atoms with E-state index in [2.05, 4.69) is 40.8 Å². The number of rotatable bonds is 3. The number of hydrogen-bond acceptors (Lipinski definition) is 4. The molecule has 1 amide bonds. The first-order valence-electron chi connectivity index (χ1n) is 10.0. The molecule has 3 atom stereocenters. The highest BCUT2D eigenvalue weighted by atomic mass is 16.5. The van der Waals surface area contributed by atoms with Crippen molar-refractivity contribution in [1.29, 1.82) is 0 Å². The van der Waals surface area contributed by atoms with Crippen LogP contribution in [0.2, 0.25) is 0 Å². The standard InChI is InChI=1S/C21H31N3O2/c1-15-5-4-6-18(22-15)14-23-9-7-21(8-10-23)11-19(21)20(25)24-12-16(2)26-17(3)13-24/h4-6,16-17,19H,7-14H2,1-3H3/t16-,17+,19?. The fraction of sp³-hybridized carbons (Fsp3) is 0.714. The number of likely N-dealkylation sites (tertiary alicyclic amines) is 1. The Morgan fingerprint density at radius 2 is 1.92 bits per heavy atom. The average Bonchev–Trinajstić information content (AvgIpc) is 3.29. The second-order valence-electron chi connectivity index (χ2n) is 8.67. The number of aromatic nitrogens is 1. The van der Waals surface area contributed by atoms with Gasteiger partial charge in [0.1, 0.15) is 0 Å². The van der Waals surface area contributed by atoms with Crippen LogP contribution in [-0.2, 0) is 16.1 Å². The van der Waals surface area contributed by atoms with Crippen molar-refractivity contribution in [3.63, 3.8) is 0 Å². The first-order valence-corrected chi connectivity index (χ1v) is 10.0. The van der Waals surface area contributed by atoms with Gasteiger partial charge >= 0.3 is 0 Å². The number of hydrogen-bond donors (Lipinski definition) is 0. The third-order valence-corrected chi connectivity index (χ3v) is 6.40. The number of carbonyl (C=O) groups excluding carboxylic acids is 1. The summed E-state index contributed by atoms with van der Waals surface area (Å²) in [6.45, 7) is 10.8. The van der Waals surface area contributed by atoms with E-state index >= 15 is 0 Å². The lowest BCUT2D eigenvalue weighted by Crippen LogP contribution is -2.49. The Bertz CT molecular complexity index is 659. The summed E-state index contributed by atoms with van der Waals surface area (Å²) in [5.41, 5.74) is 2.51. The van der Waals surface area contributed by atoms with Crippen molar-refractivity contribution in [3.05, 3.63) is 29.6 Å². The zero-order valence-corrected chi connectivity index (χ0v) is 16.3. The van der Waals surface area contributed by atoms with Gasteiger partial charge in [0.2, 0.25) is 5.91 Å². The number of aryl methyl sites for hydroxylation is 1. The van der Waals surface area contributed by atoms with Crippen LogP contribution in [-0.4, -0.2) is 59.1 Å². The largest absolute Gasteiger partial charge is 0.372 e. The highest BCUT2D eigenvalue weighted by Crippen LogP contribution is 2.60. The summed E-state index contributed by atoms with van der Waals surface area (Å²) < 4.78 is 5.78. The van der Waals surface area contributed by atoms with E-state index in [1.165, 1.54) is 0 Å². The summed E-state index contributed by atoms with van der Waals surface area (Å²) in [4.78, 5) is 22.2. The monoisotopic (exact) mass is 357 g/mol. The summed E-state index contributed by atoms with van der Waals surface area (Å²) in [5.74, 6) is 0.625. The predicted molar refractivity (Wildman–Crippen MR) is 101 cm³/mol. The average molecular weight is 357 g/mol. The first-order chi connectivity index (χ1) is 12.4. The molecule has 0 bridgehead atoms. The predicted octanol–water partition coefficient (Wildman–Crippen LogP) is 2.63. The van der Waals surface area contributed by atoms with Gasteiger partial charge in [-0.05, 0) is 70.7 Å². The van der Waals surface area contributed by atoms with E-state index in [0.29, 0.717) is 5.91 Å². The molecule has 1 aromatic rings. The second kappa shape index (κ2) is 6.93. The Hall–Kier alpha value is -1.46. The van der Waals surface area contributed by atoms with Gasteiger partial charge in [-0.3, -0.25) is 14.7 Å². The number of ether oxygens (including phenoxy) is 1. The fourth-order valence-corrected chi connectivity index (χ4v) is 4.90. The lowest BCUT2D eigenvalue weighted by Gasteiger charge is -2.37. The van der Waals surface area contributed by atoms with Crippen LogP contribution in [0.25, 0.3) is 0 Å². The van der Waals surface area contributed by atoms with E-state index in [0.717, 1.165) is 63.4 Å². The van der Waals surface area contributed by atoms with Crippen molar-refractivity contribution in [2.75, 3.05) is 26.2 Å². The van der Waals surface area contributed by atoms with Gasteiger partial charge in [0.15, 0.2) is 0 Å². The molecule has 5 nitrogen and oxygen atoms in total. The minimum atomic E-state index is 0.154. The summed E-state index contributed by atoms with van der Waals surface area (Å²) in [6.07, 6.45) is 3.68. The van der Waals surface area contributed by atoms with Gasteiger partial charge in [-0.25, -0.2) is 0 Å². The third kappa shape index (κ3) is 3.65. The lowest BCUT2D eigenvalue weighted by atomic mass is 9.90. The summed E-state index contributed by atoms with van der Waals surface area (Å²) >= 11 is 0.